The molecule has 0 spiro atoms. The molecule has 2 N–H and O–H groups in total. The number of amides is 1. The van der Waals surface area contributed by atoms with Crippen molar-refractivity contribution in [2.24, 2.45) is 11.7 Å². The second-order valence-corrected chi connectivity index (χ2v) is 6.98. The molecule has 1 saturated heterocycles. The van der Waals surface area contributed by atoms with Crippen LogP contribution >= 0.6 is 0 Å². The Kier molecular flexibility index (Phi) is 6.19. The van der Waals surface area contributed by atoms with Crippen molar-refractivity contribution in [2.75, 3.05) is 26.8 Å². The molecule has 0 radical (unpaired) electrons. The fourth-order valence-corrected chi connectivity index (χ4v) is 3.25. The molecule has 1 unspecified atom stereocenters. The van der Waals surface area contributed by atoms with Gasteiger partial charge in [-0.25, -0.2) is 0 Å². The first kappa shape index (κ1) is 18.0. The van der Waals surface area contributed by atoms with E-state index in [4.69, 9.17) is 10.5 Å². The summed E-state index contributed by atoms with van der Waals surface area (Å²) in [6.07, 6.45) is 2.33. The Morgan fingerprint density at radius 1 is 1.26 bits per heavy atom. The summed E-state index contributed by atoms with van der Waals surface area (Å²) in [5.74, 6) is 0.632. The van der Waals surface area contributed by atoms with Gasteiger partial charge in [-0.2, -0.15) is 0 Å². The number of nitrogens with zero attached hydrogens (tertiary/aromatic N) is 1. The fraction of sp³-hybridized carbons (Fsp3) is 0.632. The van der Waals surface area contributed by atoms with Gasteiger partial charge in [0.2, 0.25) is 5.91 Å². The lowest BCUT2D eigenvalue weighted by Gasteiger charge is -2.39. The molecule has 4 heteroatoms. The number of benzene rings is 1. The van der Waals surface area contributed by atoms with Gasteiger partial charge in [0.1, 0.15) is 0 Å². The van der Waals surface area contributed by atoms with Gasteiger partial charge in [-0.1, -0.05) is 44.2 Å². The summed E-state index contributed by atoms with van der Waals surface area (Å²) in [6.45, 7) is 6.22. The van der Waals surface area contributed by atoms with Crippen molar-refractivity contribution >= 4 is 5.91 Å². The Balaban J connectivity index is 2.14. The Morgan fingerprint density at radius 2 is 1.87 bits per heavy atom. The van der Waals surface area contributed by atoms with Crippen molar-refractivity contribution in [1.29, 1.82) is 0 Å². The lowest BCUT2D eigenvalue weighted by Crippen LogP contribution is -2.49. The average Bonchev–Trinajstić information content (AvgIpc) is 2.59. The van der Waals surface area contributed by atoms with E-state index in [0.717, 1.165) is 24.8 Å². The molecule has 1 fully saturated rings. The number of carbonyl (C=O) groups excluding carboxylic acids is 1. The molecule has 0 saturated carbocycles. The van der Waals surface area contributed by atoms with E-state index >= 15 is 0 Å². The van der Waals surface area contributed by atoms with Gasteiger partial charge >= 0.3 is 0 Å². The summed E-state index contributed by atoms with van der Waals surface area (Å²) in [6, 6.07) is 10.3. The Labute approximate surface area is 140 Å². The first-order valence-corrected chi connectivity index (χ1v) is 8.62. The van der Waals surface area contributed by atoms with Gasteiger partial charge in [-0.05, 0) is 30.7 Å². The van der Waals surface area contributed by atoms with E-state index in [-0.39, 0.29) is 11.9 Å². The molecule has 1 aliphatic heterocycles. The van der Waals surface area contributed by atoms with E-state index in [1.54, 1.807) is 0 Å². The summed E-state index contributed by atoms with van der Waals surface area (Å²) < 4.78 is 5.52. The third-order valence-corrected chi connectivity index (χ3v) is 5.08. The summed E-state index contributed by atoms with van der Waals surface area (Å²) in [5, 5.41) is 0. The van der Waals surface area contributed by atoms with Crippen molar-refractivity contribution in [3.05, 3.63) is 35.9 Å². The molecule has 1 amide bonds. The molecular formula is C19H30N2O2. The minimum atomic E-state index is -0.448. The topological polar surface area (TPSA) is 55.6 Å². The van der Waals surface area contributed by atoms with Crippen LogP contribution in [0, 0.1) is 5.92 Å². The van der Waals surface area contributed by atoms with Crippen molar-refractivity contribution < 1.29 is 9.53 Å². The molecule has 128 valence electrons. The molecule has 23 heavy (non-hydrogen) atoms. The number of hydrogen-bond acceptors (Lipinski definition) is 3. The van der Waals surface area contributed by atoms with Crippen LogP contribution < -0.4 is 5.73 Å². The number of hydrogen-bond donors (Lipinski definition) is 1. The first-order valence-electron chi connectivity index (χ1n) is 8.62. The molecule has 1 heterocycles. The Bertz CT molecular complexity index is 495. The average molecular weight is 318 g/mol. The summed E-state index contributed by atoms with van der Waals surface area (Å²) in [5.41, 5.74) is 6.79. The molecule has 2 rings (SSSR count). The van der Waals surface area contributed by atoms with Crippen LogP contribution in [0.25, 0.3) is 0 Å². The number of likely N-dealkylation sites (N-methyl/N-ethyl adjacent to an activating group) is 1. The quantitative estimate of drug-likeness (QED) is 0.877. The number of rotatable bonds is 6. The zero-order chi connectivity index (χ0) is 16.9. The van der Waals surface area contributed by atoms with Gasteiger partial charge < -0.3 is 15.4 Å². The van der Waals surface area contributed by atoms with Crippen LogP contribution in [0.3, 0.4) is 0 Å². The minimum absolute atomic E-state index is 0.132. The second-order valence-electron chi connectivity index (χ2n) is 6.98. The summed E-state index contributed by atoms with van der Waals surface area (Å²) in [7, 11) is 1.90. The monoisotopic (exact) mass is 318 g/mol. The van der Waals surface area contributed by atoms with Crippen LogP contribution in [-0.4, -0.2) is 43.7 Å². The van der Waals surface area contributed by atoms with E-state index < -0.39 is 5.41 Å². The first-order chi connectivity index (χ1) is 11.0. The predicted molar refractivity (Wildman–Crippen MR) is 93.2 cm³/mol. The van der Waals surface area contributed by atoms with Crippen LogP contribution in [0.2, 0.25) is 0 Å². The number of carbonyl (C=O) groups is 1. The molecule has 0 aliphatic carbocycles. The standard InChI is InChI=1S/C19H30N2O2/c1-15(2)17(20)9-12-21(3)18(22)19(10-13-23-14-11-19)16-7-5-4-6-8-16/h4-8,15,17H,9-14,20H2,1-3H3. The van der Waals surface area contributed by atoms with E-state index in [1.807, 2.05) is 30.1 Å². The highest BCUT2D eigenvalue weighted by atomic mass is 16.5. The second kappa shape index (κ2) is 7.93. The van der Waals surface area contributed by atoms with Gasteiger partial charge in [-0.15, -0.1) is 0 Å². The van der Waals surface area contributed by atoms with Crippen molar-refractivity contribution in [1.82, 2.24) is 4.90 Å². The van der Waals surface area contributed by atoms with E-state index in [0.29, 0.717) is 25.7 Å². The van der Waals surface area contributed by atoms with Crippen molar-refractivity contribution in [3.63, 3.8) is 0 Å². The maximum absolute atomic E-state index is 13.2. The molecule has 0 bridgehead atoms. The lowest BCUT2D eigenvalue weighted by atomic mass is 9.73. The van der Waals surface area contributed by atoms with Gasteiger partial charge in [0.25, 0.3) is 0 Å². The van der Waals surface area contributed by atoms with Gasteiger partial charge in [-0.3, -0.25) is 4.79 Å². The van der Waals surface area contributed by atoms with Crippen LogP contribution in [0.4, 0.5) is 0 Å². The maximum atomic E-state index is 13.2. The molecule has 1 atom stereocenters. The predicted octanol–water partition coefficient (Wildman–Crippen LogP) is 2.57. The van der Waals surface area contributed by atoms with Gasteiger partial charge in [0.15, 0.2) is 0 Å². The highest BCUT2D eigenvalue weighted by Crippen LogP contribution is 2.36. The summed E-state index contributed by atoms with van der Waals surface area (Å²) in [4.78, 5) is 15.1. The molecule has 0 aromatic heterocycles. The fourth-order valence-electron chi connectivity index (χ4n) is 3.25. The molecule has 1 aromatic carbocycles. The smallest absolute Gasteiger partial charge is 0.233 e. The molecule has 1 aliphatic rings. The molecular weight excluding hydrogens is 288 g/mol. The third kappa shape index (κ3) is 4.12. The SMILES string of the molecule is CC(C)C(N)CCN(C)C(=O)C1(c2ccccc2)CCOCC1. The van der Waals surface area contributed by atoms with Gasteiger partial charge in [0, 0.05) is 32.8 Å². The van der Waals surface area contributed by atoms with Crippen LogP contribution in [0.5, 0.6) is 0 Å². The van der Waals surface area contributed by atoms with E-state index in [2.05, 4.69) is 26.0 Å². The minimum Gasteiger partial charge on any atom is -0.381 e. The van der Waals surface area contributed by atoms with E-state index in [1.165, 1.54) is 0 Å². The van der Waals surface area contributed by atoms with Crippen molar-refractivity contribution in [2.45, 2.75) is 44.6 Å². The largest absolute Gasteiger partial charge is 0.381 e. The van der Waals surface area contributed by atoms with E-state index in [9.17, 15) is 4.79 Å². The molecule has 1 aromatic rings. The highest BCUT2D eigenvalue weighted by molar-refractivity contribution is 5.88. The summed E-state index contributed by atoms with van der Waals surface area (Å²) >= 11 is 0. The molecule has 4 nitrogen and oxygen atoms in total. The zero-order valence-corrected chi connectivity index (χ0v) is 14.6. The normalized spacial score (nSPS) is 18.7. The number of nitrogens with two attached hydrogens (primary N) is 1. The zero-order valence-electron chi connectivity index (χ0n) is 14.6. The highest BCUT2D eigenvalue weighted by Gasteiger charge is 2.43. The Morgan fingerprint density at radius 3 is 2.43 bits per heavy atom. The van der Waals surface area contributed by atoms with Crippen LogP contribution in [-0.2, 0) is 14.9 Å². The Hall–Kier alpha value is -1.39. The maximum Gasteiger partial charge on any atom is 0.233 e. The number of ether oxygens (including phenoxy) is 1. The van der Waals surface area contributed by atoms with Crippen LogP contribution in [0.1, 0.15) is 38.7 Å². The van der Waals surface area contributed by atoms with Crippen LogP contribution in [0.15, 0.2) is 30.3 Å². The lowest BCUT2D eigenvalue weighted by molar-refractivity contribution is -0.140. The van der Waals surface area contributed by atoms with Crippen molar-refractivity contribution in [3.8, 4) is 0 Å². The van der Waals surface area contributed by atoms with Gasteiger partial charge in [0.05, 0.1) is 5.41 Å². The third-order valence-electron chi connectivity index (χ3n) is 5.08.